The Hall–Kier alpha value is -2.15. The summed E-state index contributed by atoms with van der Waals surface area (Å²) in [5.41, 5.74) is 0.422. The van der Waals surface area contributed by atoms with E-state index in [0.29, 0.717) is 5.56 Å². The predicted octanol–water partition coefficient (Wildman–Crippen LogP) is 0.483. The number of hydrogen-bond acceptors (Lipinski definition) is 5. The molecule has 2 rings (SSSR count). The highest BCUT2D eigenvalue weighted by Crippen LogP contribution is 2.37. The van der Waals surface area contributed by atoms with Crippen LogP contribution < -0.4 is 5.11 Å². The molecule has 0 aromatic heterocycles. The summed E-state index contributed by atoms with van der Waals surface area (Å²) in [5.74, 6) is -3.56. The fraction of sp³-hybridized carbons (Fsp3) is 0.214. The number of aliphatic carboxylic acids is 1. The molecule has 1 aliphatic heterocycles. The van der Waals surface area contributed by atoms with Crippen LogP contribution in [0.2, 0.25) is 0 Å². The standard InChI is InChI=1S/C14H12BrNO5/c1-7(17)11-12(8-2-4-9(15)5-3-8)16(6-10(18)19)14(21)13(11)20/h2-5,12,20H,6H2,1H3,(H,18,19)/p-1/t12-/m1/s1. The minimum absolute atomic E-state index is 0.108. The number of halogens is 1. The number of amides is 1. The molecule has 21 heavy (non-hydrogen) atoms. The smallest absolute Gasteiger partial charge is 0.290 e. The fourth-order valence-corrected chi connectivity index (χ4v) is 2.57. The topological polar surface area (TPSA) is 97.7 Å². The van der Waals surface area contributed by atoms with Crippen LogP contribution in [0.4, 0.5) is 0 Å². The van der Waals surface area contributed by atoms with E-state index in [1.165, 1.54) is 6.92 Å². The van der Waals surface area contributed by atoms with Crippen molar-refractivity contribution in [2.45, 2.75) is 13.0 Å². The Balaban J connectivity index is 2.53. The number of benzene rings is 1. The average molecular weight is 353 g/mol. The van der Waals surface area contributed by atoms with Crippen LogP contribution in [-0.4, -0.2) is 34.2 Å². The number of carboxylic acid groups (broad SMARTS) is 1. The number of ketones is 1. The van der Waals surface area contributed by atoms with Crippen molar-refractivity contribution in [3.8, 4) is 0 Å². The predicted molar refractivity (Wildman–Crippen MR) is 73.9 cm³/mol. The van der Waals surface area contributed by atoms with Crippen LogP contribution in [-0.2, 0) is 14.4 Å². The maximum absolute atomic E-state index is 12.0. The first-order valence-electron chi connectivity index (χ1n) is 6.03. The third-order valence-electron chi connectivity index (χ3n) is 3.17. The van der Waals surface area contributed by atoms with Crippen molar-refractivity contribution in [1.82, 2.24) is 4.90 Å². The number of hydrogen-bond donors (Lipinski definition) is 1. The molecule has 0 fully saturated rings. The van der Waals surface area contributed by atoms with E-state index in [1.807, 2.05) is 0 Å². The second kappa shape index (κ2) is 5.69. The average Bonchev–Trinajstić information content (AvgIpc) is 2.64. The summed E-state index contributed by atoms with van der Waals surface area (Å²) in [6.07, 6.45) is 0. The first kappa shape index (κ1) is 15.2. The molecule has 1 N–H and O–H groups in total. The molecule has 0 saturated carbocycles. The van der Waals surface area contributed by atoms with Gasteiger partial charge in [-0.1, -0.05) is 28.1 Å². The lowest BCUT2D eigenvalue weighted by atomic mass is 9.97. The summed E-state index contributed by atoms with van der Waals surface area (Å²) in [5, 5.41) is 20.7. The van der Waals surface area contributed by atoms with Gasteiger partial charge in [0.1, 0.15) is 0 Å². The normalized spacial score (nSPS) is 18.3. The van der Waals surface area contributed by atoms with Gasteiger partial charge in [-0.3, -0.25) is 9.59 Å². The van der Waals surface area contributed by atoms with Gasteiger partial charge in [-0.2, -0.15) is 0 Å². The highest BCUT2D eigenvalue weighted by molar-refractivity contribution is 9.10. The zero-order valence-corrected chi connectivity index (χ0v) is 12.6. The molecule has 110 valence electrons. The Bertz CT molecular complexity index is 650. The molecule has 0 bridgehead atoms. The van der Waals surface area contributed by atoms with Crippen LogP contribution >= 0.6 is 15.9 Å². The van der Waals surface area contributed by atoms with Gasteiger partial charge >= 0.3 is 0 Å². The summed E-state index contributed by atoms with van der Waals surface area (Å²) in [6.45, 7) is 0.508. The van der Waals surface area contributed by atoms with Crippen LogP contribution in [0.15, 0.2) is 40.1 Å². The first-order chi connectivity index (χ1) is 9.82. The minimum Gasteiger partial charge on any atom is -0.548 e. The summed E-state index contributed by atoms with van der Waals surface area (Å²) >= 11 is 3.26. The van der Waals surface area contributed by atoms with Crippen LogP contribution in [0.3, 0.4) is 0 Å². The van der Waals surface area contributed by atoms with Gasteiger partial charge in [0.05, 0.1) is 24.1 Å². The molecule has 1 aromatic carbocycles. The van der Waals surface area contributed by atoms with E-state index in [0.717, 1.165) is 9.37 Å². The van der Waals surface area contributed by atoms with Gasteiger partial charge in [-0.15, -0.1) is 0 Å². The number of carboxylic acids is 1. The van der Waals surface area contributed by atoms with Gasteiger partial charge in [-0.25, -0.2) is 0 Å². The van der Waals surface area contributed by atoms with Crippen LogP contribution in [0.25, 0.3) is 0 Å². The third kappa shape index (κ3) is 2.82. The van der Waals surface area contributed by atoms with E-state index in [4.69, 9.17) is 0 Å². The number of carbonyl (C=O) groups excluding carboxylic acids is 3. The molecule has 1 heterocycles. The number of aliphatic hydroxyl groups is 1. The molecule has 0 aliphatic carbocycles. The van der Waals surface area contributed by atoms with Crippen LogP contribution in [0.5, 0.6) is 0 Å². The molecule has 1 aromatic rings. The molecule has 0 saturated heterocycles. The van der Waals surface area contributed by atoms with Crippen LogP contribution in [0.1, 0.15) is 18.5 Å². The van der Waals surface area contributed by atoms with Gasteiger partial charge in [-0.05, 0) is 24.6 Å². The van der Waals surface area contributed by atoms with Gasteiger partial charge in [0.2, 0.25) is 0 Å². The summed E-state index contributed by atoms with van der Waals surface area (Å²) in [4.78, 5) is 35.4. The summed E-state index contributed by atoms with van der Waals surface area (Å²) in [6, 6.07) is 5.76. The second-order valence-corrected chi connectivity index (χ2v) is 5.49. The van der Waals surface area contributed by atoms with E-state index < -0.39 is 36.0 Å². The van der Waals surface area contributed by atoms with Crippen molar-refractivity contribution in [3.63, 3.8) is 0 Å². The molecule has 0 spiro atoms. The Labute approximate surface area is 128 Å². The zero-order chi connectivity index (χ0) is 15.7. The number of Topliss-reactive ketones (excluding diaryl/α,β-unsaturated/α-hetero) is 1. The van der Waals surface area contributed by atoms with E-state index in [1.54, 1.807) is 24.3 Å². The van der Waals surface area contributed by atoms with E-state index >= 15 is 0 Å². The second-order valence-electron chi connectivity index (χ2n) is 4.58. The molecule has 7 heteroatoms. The van der Waals surface area contributed by atoms with E-state index in [-0.39, 0.29) is 5.57 Å². The Morgan fingerprint density at radius 2 is 1.90 bits per heavy atom. The lowest BCUT2D eigenvalue weighted by molar-refractivity contribution is -0.306. The Morgan fingerprint density at radius 1 is 1.33 bits per heavy atom. The number of aliphatic hydroxyl groups excluding tert-OH is 1. The number of nitrogens with zero attached hydrogens (tertiary/aromatic N) is 1. The maximum Gasteiger partial charge on any atom is 0.290 e. The molecular formula is C14H11BrNO5-. The Kier molecular flexibility index (Phi) is 4.13. The lowest BCUT2D eigenvalue weighted by Crippen LogP contribution is -2.41. The Morgan fingerprint density at radius 3 is 2.38 bits per heavy atom. The van der Waals surface area contributed by atoms with Crippen molar-refractivity contribution in [1.29, 1.82) is 0 Å². The van der Waals surface area contributed by atoms with Gasteiger partial charge in [0, 0.05) is 4.47 Å². The van der Waals surface area contributed by atoms with E-state index in [9.17, 15) is 24.6 Å². The molecule has 0 unspecified atom stereocenters. The first-order valence-corrected chi connectivity index (χ1v) is 6.82. The van der Waals surface area contributed by atoms with Gasteiger partial charge in [0.25, 0.3) is 5.91 Å². The van der Waals surface area contributed by atoms with Crippen LogP contribution in [0, 0.1) is 0 Å². The van der Waals surface area contributed by atoms with Gasteiger partial charge < -0.3 is 19.9 Å². The van der Waals surface area contributed by atoms with E-state index in [2.05, 4.69) is 15.9 Å². The zero-order valence-electron chi connectivity index (χ0n) is 11.0. The summed E-state index contributed by atoms with van der Waals surface area (Å²) in [7, 11) is 0. The molecule has 1 aliphatic rings. The van der Waals surface area contributed by atoms with Crippen molar-refractivity contribution in [3.05, 3.63) is 45.6 Å². The highest BCUT2D eigenvalue weighted by atomic mass is 79.9. The largest absolute Gasteiger partial charge is 0.548 e. The summed E-state index contributed by atoms with van der Waals surface area (Å²) < 4.78 is 0.791. The molecule has 1 atom stereocenters. The van der Waals surface area contributed by atoms with Crippen molar-refractivity contribution < 1.29 is 24.6 Å². The quantitative estimate of drug-likeness (QED) is 0.849. The van der Waals surface area contributed by atoms with Crippen molar-refractivity contribution in [2.75, 3.05) is 6.54 Å². The van der Waals surface area contributed by atoms with Crippen molar-refractivity contribution in [2.24, 2.45) is 0 Å². The third-order valence-corrected chi connectivity index (χ3v) is 3.70. The molecule has 1 amide bonds. The molecular weight excluding hydrogens is 342 g/mol. The number of rotatable bonds is 4. The lowest BCUT2D eigenvalue weighted by Gasteiger charge is -2.26. The fourth-order valence-electron chi connectivity index (χ4n) is 2.31. The monoisotopic (exact) mass is 352 g/mol. The molecule has 6 nitrogen and oxygen atoms in total. The highest BCUT2D eigenvalue weighted by Gasteiger charge is 2.42. The maximum atomic E-state index is 12.0. The molecule has 0 radical (unpaired) electrons. The van der Waals surface area contributed by atoms with Crippen molar-refractivity contribution >= 4 is 33.6 Å². The number of carbonyl (C=O) groups is 3. The minimum atomic E-state index is -1.47. The van der Waals surface area contributed by atoms with Gasteiger partial charge in [0.15, 0.2) is 11.5 Å². The SMILES string of the molecule is CC(=O)C1=C(O)C(=O)N(CC(=O)[O-])[C@@H]1c1ccc(Br)cc1.